The lowest BCUT2D eigenvalue weighted by Gasteiger charge is -2.35. The summed E-state index contributed by atoms with van der Waals surface area (Å²) in [5.74, 6) is -0.571. The molecule has 3 nitrogen and oxygen atoms in total. The summed E-state index contributed by atoms with van der Waals surface area (Å²) < 4.78 is 26.6. The minimum atomic E-state index is -1.13. The lowest BCUT2D eigenvalue weighted by Crippen LogP contribution is -2.44. The van der Waals surface area contributed by atoms with Gasteiger partial charge in [-0.2, -0.15) is 0 Å². The highest BCUT2D eigenvalue weighted by Crippen LogP contribution is 2.31. The Morgan fingerprint density at radius 3 is 2.67 bits per heavy atom. The molecule has 118 valence electrons. The van der Waals surface area contributed by atoms with Crippen molar-refractivity contribution in [1.29, 1.82) is 0 Å². The first-order valence-electron chi connectivity index (χ1n) is 7.46. The number of aliphatic hydroxyl groups is 2. The zero-order chi connectivity index (χ0) is 15.5. The van der Waals surface area contributed by atoms with Crippen molar-refractivity contribution >= 4 is 0 Å². The zero-order valence-electron chi connectivity index (χ0n) is 12.3. The van der Waals surface area contributed by atoms with Crippen molar-refractivity contribution in [2.24, 2.45) is 5.92 Å². The third-order valence-electron chi connectivity index (χ3n) is 4.31. The van der Waals surface area contributed by atoms with Crippen molar-refractivity contribution < 1.29 is 19.0 Å². The highest BCUT2D eigenvalue weighted by Gasteiger charge is 2.31. The van der Waals surface area contributed by atoms with E-state index in [-0.39, 0.29) is 12.1 Å². The number of halogens is 2. The van der Waals surface area contributed by atoms with E-state index >= 15 is 0 Å². The molecular weight excluding hydrogens is 276 g/mol. The Morgan fingerprint density at radius 1 is 1.33 bits per heavy atom. The van der Waals surface area contributed by atoms with Crippen molar-refractivity contribution in [1.82, 2.24) is 5.32 Å². The van der Waals surface area contributed by atoms with E-state index in [9.17, 15) is 19.0 Å². The van der Waals surface area contributed by atoms with Crippen LogP contribution in [0.2, 0.25) is 0 Å². The molecule has 0 aliphatic heterocycles. The summed E-state index contributed by atoms with van der Waals surface area (Å²) in [5, 5.41) is 23.3. The molecule has 1 aliphatic carbocycles. The third-order valence-corrected chi connectivity index (χ3v) is 4.31. The summed E-state index contributed by atoms with van der Waals surface area (Å²) >= 11 is 0. The Labute approximate surface area is 124 Å². The Morgan fingerprint density at radius 2 is 2.00 bits per heavy atom. The first-order valence-corrected chi connectivity index (χ1v) is 7.46. The predicted octanol–water partition coefficient (Wildman–Crippen LogP) is 2.53. The third kappa shape index (κ3) is 4.46. The minimum Gasteiger partial charge on any atom is -0.389 e. The second-order valence-corrected chi connectivity index (χ2v) is 6.22. The van der Waals surface area contributed by atoms with Gasteiger partial charge in [0.1, 0.15) is 11.6 Å². The molecule has 0 saturated heterocycles. The first-order chi connectivity index (χ1) is 9.89. The van der Waals surface area contributed by atoms with Crippen LogP contribution in [0.25, 0.3) is 0 Å². The van der Waals surface area contributed by atoms with Crippen molar-refractivity contribution in [3.63, 3.8) is 0 Å². The summed E-state index contributed by atoms with van der Waals surface area (Å²) in [6.45, 7) is 2.61. The summed E-state index contributed by atoms with van der Waals surface area (Å²) in [6.07, 6.45) is 2.29. The topological polar surface area (TPSA) is 52.5 Å². The fourth-order valence-electron chi connectivity index (χ4n) is 2.80. The summed E-state index contributed by atoms with van der Waals surface area (Å²) in [4.78, 5) is 0. The van der Waals surface area contributed by atoms with Crippen LogP contribution in [0.4, 0.5) is 8.78 Å². The molecule has 0 bridgehead atoms. The number of aliphatic hydroxyl groups excluding tert-OH is 1. The van der Waals surface area contributed by atoms with E-state index in [1.165, 1.54) is 0 Å². The largest absolute Gasteiger partial charge is 0.389 e. The van der Waals surface area contributed by atoms with E-state index in [4.69, 9.17) is 0 Å². The molecule has 0 aromatic heterocycles. The highest BCUT2D eigenvalue weighted by atomic mass is 19.1. The molecule has 0 radical (unpaired) electrons. The molecule has 1 aromatic rings. The van der Waals surface area contributed by atoms with Crippen molar-refractivity contribution in [2.75, 3.05) is 13.1 Å². The van der Waals surface area contributed by atoms with Crippen molar-refractivity contribution in [3.8, 4) is 0 Å². The van der Waals surface area contributed by atoms with Crippen LogP contribution in [-0.2, 0) is 0 Å². The summed E-state index contributed by atoms with van der Waals surface area (Å²) in [6, 6.07) is 3.02. The van der Waals surface area contributed by atoms with Gasteiger partial charge in [-0.15, -0.1) is 0 Å². The number of hydrogen-bond donors (Lipinski definition) is 3. The SMILES string of the molecule is CC1CCC(O)(CNCC(O)c2cc(F)ccc2F)CC1. The van der Waals surface area contributed by atoms with Gasteiger partial charge in [0.2, 0.25) is 0 Å². The van der Waals surface area contributed by atoms with Gasteiger partial charge in [0.15, 0.2) is 0 Å². The van der Waals surface area contributed by atoms with Crippen LogP contribution in [0.1, 0.15) is 44.3 Å². The van der Waals surface area contributed by atoms with Gasteiger partial charge in [-0.25, -0.2) is 8.78 Å². The average molecular weight is 299 g/mol. The van der Waals surface area contributed by atoms with E-state index in [0.717, 1.165) is 43.9 Å². The van der Waals surface area contributed by atoms with Crippen LogP contribution in [0.3, 0.4) is 0 Å². The molecule has 1 aliphatic rings. The smallest absolute Gasteiger partial charge is 0.129 e. The molecule has 0 amide bonds. The molecule has 3 N–H and O–H groups in total. The average Bonchev–Trinajstić information content (AvgIpc) is 2.45. The van der Waals surface area contributed by atoms with Gasteiger partial charge >= 0.3 is 0 Å². The van der Waals surface area contributed by atoms with Gasteiger partial charge < -0.3 is 15.5 Å². The maximum atomic E-state index is 13.5. The maximum Gasteiger partial charge on any atom is 0.129 e. The Kier molecular flexibility index (Phi) is 5.30. The molecule has 1 unspecified atom stereocenters. The fraction of sp³-hybridized carbons (Fsp3) is 0.625. The fourth-order valence-corrected chi connectivity index (χ4v) is 2.80. The monoisotopic (exact) mass is 299 g/mol. The standard InChI is InChI=1S/C16H23F2NO2/c1-11-4-6-16(21,7-5-11)10-19-9-15(20)13-8-12(17)2-3-14(13)18/h2-3,8,11,15,19-21H,4-7,9-10H2,1H3. The van der Waals surface area contributed by atoms with Gasteiger partial charge in [0.25, 0.3) is 0 Å². The van der Waals surface area contributed by atoms with Crippen LogP contribution in [0, 0.1) is 17.6 Å². The van der Waals surface area contributed by atoms with E-state index in [1.807, 2.05) is 0 Å². The zero-order valence-corrected chi connectivity index (χ0v) is 12.3. The second-order valence-electron chi connectivity index (χ2n) is 6.22. The van der Waals surface area contributed by atoms with Gasteiger partial charge in [-0.1, -0.05) is 6.92 Å². The van der Waals surface area contributed by atoms with E-state index in [2.05, 4.69) is 12.2 Å². The molecule has 0 heterocycles. The molecule has 1 saturated carbocycles. The van der Waals surface area contributed by atoms with Crippen molar-refractivity contribution in [3.05, 3.63) is 35.4 Å². The minimum absolute atomic E-state index is 0.0632. The van der Waals surface area contributed by atoms with E-state index in [0.29, 0.717) is 12.5 Å². The molecule has 5 heteroatoms. The Bertz CT molecular complexity index is 473. The molecule has 1 aromatic carbocycles. The van der Waals surface area contributed by atoms with Crippen LogP contribution in [-0.4, -0.2) is 28.9 Å². The molecule has 0 spiro atoms. The molecule has 2 rings (SSSR count). The Hall–Kier alpha value is -1.04. The van der Waals surface area contributed by atoms with Gasteiger partial charge in [-0.3, -0.25) is 0 Å². The number of hydrogen-bond acceptors (Lipinski definition) is 3. The van der Waals surface area contributed by atoms with Crippen LogP contribution in [0.15, 0.2) is 18.2 Å². The lowest BCUT2D eigenvalue weighted by atomic mass is 9.79. The van der Waals surface area contributed by atoms with Gasteiger partial charge in [0, 0.05) is 18.7 Å². The maximum absolute atomic E-state index is 13.5. The number of benzene rings is 1. The van der Waals surface area contributed by atoms with Crippen LogP contribution >= 0.6 is 0 Å². The lowest BCUT2D eigenvalue weighted by molar-refractivity contribution is -0.00809. The molecule has 21 heavy (non-hydrogen) atoms. The van der Waals surface area contributed by atoms with Crippen LogP contribution in [0.5, 0.6) is 0 Å². The van der Waals surface area contributed by atoms with Crippen LogP contribution < -0.4 is 5.32 Å². The molecule has 1 atom stereocenters. The van der Waals surface area contributed by atoms with E-state index in [1.54, 1.807) is 0 Å². The Balaban J connectivity index is 1.84. The quantitative estimate of drug-likeness (QED) is 0.783. The predicted molar refractivity (Wildman–Crippen MR) is 76.8 cm³/mol. The van der Waals surface area contributed by atoms with Gasteiger partial charge in [0.05, 0.1) is 11.7 Å². The second kappa shape index (κ2) is 6.81. The summed E-state index contributed by atoms with van der Waals surface area (Å²) in [5.41, 5.74) is -0.820. The first kappa shape index (κ1) is 16.3. The molecular formula is C16H23F2NO2. The van der Waals surface area contributed by atoms with Gasteiger partial charge in [-0.05, 0) is 49.8 Å². The normalized spacial score (nSPS) is 27.6. The van der Waals surface area contributed by atoms with E-state index < -0.39 is 23.3 Å². The number of nitrogens with one attached hydrogen (secondary N) is 1. The highest BCUT2D eigenvalue weighted by molar-refractivity contribution is 5.21. The number of rotatable bonds is 5. The molecule has 1 fully saturated rings. The van der Waals surface area contributed by atoms with Crippen molar-refractivity contribution in [2.45, 2.75) is 44.3 Å². The summed E-state index contributed by atoms with van der Waals surface area (Å²) in [7, 11) is 0.